The summed E-state index contributed by atoms with van der Waals surface area (Å²) in [4.78, 5) is 8.25. The van der Waals surface area contributed by atoms with Gasteiger partial charge in [0.05, 0.1) is 0 Å². The van der Waals surface area contributed by atoms with Gasteiger partial charge in [0.15, 0.2) is 0 Å². The van der Waals surface area contributed by atoms with Gasteiger partial charge in [-0.15, -0.1) is 23.5 Å². The lowest BCUT2D eigenvalue weighted by atomic mass is 10.1. The van der Waals surface area contributed by atoms with E-state index in [1.165, 1.54) is 116 Å². The van der Waals surface area contributed by atoms with E-state index in [0.717, 1.165) is 6.42 Å². The quantitative estimate of drug-likeness (QED) is 0.364. The Balaban J connectivity index is 1.18. The van der Waals surface area contributed by atoms with Crippen LogP contribution >= 0.6 is 23.5 Å². The molecule has 0 amide bonds. The molecule has 0 N–H and O–H groups in total. The zero-order chi connectivity index (χ0) is 20.9. The van der Waals surface area contributed by atoms with Crippen LogP contribution in [0.4, 0.5) is 0 Å². The molecule has 2 aromatic carbocycles. The van der Waals surface area contributed by atoms with Crippen molar-refractivity contribution in [2.45, 2.75) is 54.7 Å². The van der Waals surface area contributed by atoms with Crippen LogP contribution < -0.4 is 0 Å². The second-order valence-corrected chi connectivity index (χ2v) is 11.6. The minimum atomic E-state index is 1.11. The van der Waals surface area contributed by atoms with Crippen LogP contribution in [-0.2, 0) is 6.42 Å². The molecule has 0 unspecified atom stereocenters. The molecule has 2 fully saturated rings. The van der Waals surface area contributed by atoms with Gasteiger partial charge >= 0.3 is 0 Å². The largest absolute Gasteiger partial charge is 0.303 e. The lowest BCUT2D eigenvalue weighted by Crippen LogP contribution is -2.31. The summed E-state index contributed by atoms with van der Waals surface area (Å²) in [5, 5.41) is 0. The van der Waals surface area contributed by atoms with E-state index >= 15 is 0 Å². The van der Waals surface area contributed by atoms with Gasteiger partial charge in [-0.3, -0.25) is 0 Å². The van der Waals surface area contributed by atoms with Gasteiger partial charge in [0.25, 0.3) is 0 Å². The Morgan fingerprint density at radius 1 is 0.677 bits per heavy atom. The summed E-state index contributed by atoms with van der Waals surface area (Å²) >= 11 is 4.11. The van der Waals surface area contributed by atoms with Gasteiger partial charge in [0.2, 0.25) is 0 Å². The SMILES string of the molecule is c1cc(SCCN2CCCCC2)c2c(c1)-c1ccc(SCCN3CCCCC3)cc1C2. The maximum absolute atomic E-state index is 2.65. The van der Waals surface area contributed by atoms with Crippen molar-refractivity contribution in [1.29, 1.82) is 0 Å². The molecule has 3 aliphatic rings. The van der Waals surface area contributed by atoms with Crippen molar-refractivity contribution in [1.82, 2.24) is 9.80 Å². The summed E-state index contributed by atoms with van der Waals surface area (Å²) in [6, 6.07) is 14.1. The zero-order valence-electron chi connectivity index (χ0n) is 18.8. The van der Waals surface area contributed by atoms with Crippen molar-refractivity contribution in [2.75, 3.05) is 50.8 Å². The van der Waals surface area contributed by atoms with Crippen LogP contribution in [-0.4, -0.2) is 60.6 Å². The van der Waals surface area contributed by atoms with Crippen molar-refractivity contribution < 1.29 is 0 Å². The molecule has 2 nitrogen and oxygen atoms in total. The highest BCUT2D eigenvalue weighted by Crippen LogP contribution is 2.42. The van der Waals surface area contributed by atoms with Gasteiger partial charge in [0, 0.05) is 34.4 Å². The first kappa shape index (κ1) is 21.9. The summed E-state index contributed by atoms with van der Waals surface area (Å²) in [5.74, 6) is 2.42. The second-order valence-electron chi connectivity index (χ2n) is 9.28. The Morgan fingerprint density at radius 3 is 2.06 bits per heavy atom. The third-order valence-corrected chi connectivity index (χ3v) is 9.16. The number of fused-ring (bicyclic) bond motifs is 3. The molecule has 0 atom stereocenters. The predicted molar refractivity (Wildman–Crippen MR) is 137 cm³/mol. The molecule has 2 heterocycles. The van der Waals surface area contributed by atoms with Crippen molar-refractivity contribution in [2.24, 2.45) is 0 Å². The Kier molecular flexibility index (Phi) is 7.61. The average Bonchev–Trinajstić information content (AvgIpc) is 3.19. The maximum Gasteiger partial charge on any atom is 0.0114 e. The third-order valence-electron chi connectivity index (χ3n) is 7.11. The fraction of sp³-hybridized carbons (Fsp3) is 0.556. The van der Waals surface area contributed by atoms with Crippen molar-refractivity contribution in [3.05, 3.63) is 47.5 Å². The first-order valence-corrected chi connectivity index (χ1v) is 14.3. The molecule has 166 valence electrons. The van der Waals surface area contributed by atoms with Crippen molar-refractivity contribution in [3.63, 3.8) is 0 Å². The normalized spacial score (nSPS) is 19.4. The van der Waals surface area contributed by atoms with Crippen LogP contribution in [0.2, 0.25) is 0 Å². The van der Waals surface area contributed by atoms with Crippen LogP contribution in [0.1, 0.15) is 49.7 Å². The highest BCUT2D eigenvalue weighted by atomic mass is 32.2. The fourth-order valence-corrected chi connectivity index (χ4v) is 7.41. The molecule has 0 bridgehead atoms. The van der Waals surface area contributed by atoms with Crippen molar-refractivity contribution >= 4 is 23.5 Å². The number of benzene rings is 2. The smallest absolute Gasteiger partial charge is 0.0114 e. The lowest BCUT2D eigenvalue weighted by molar-refractivity contribution is 0.242. The molecular weight excluding hydrogens is 416 g/mol. The standard InChI is InChI=1S/C27H36N2S2/c1-3-12-28(13-4-1)16-18-30-23-10-11-24-22(20-23)21-26-25(24)8-7-9-27(26)31-19-17-29-14-5-2-6-15-29/h7-11,20H,1-6,12-19,21H2. The molecule has 2 aliphatic heterocycles. The number of rotatable bonds is 8. The molecule has 5 rings (SSSR count). The summed E-state index contributed by atoms with van der Waals surface area (Å²) in [6.45, 7) is 7.68. The molecule has 0 radical (unpaired) electrons. The zero-order valence-corrected chi connectivity index (χ0v) is 20.4. The third kappa shape index (κ3) is 5.52. The summed E-state index contributed by atoms with van der Waals surface area (Å²) in [5.41, 5.74) is 6.04. The first-order valence-electron chi connectivity index (χ1n) is 12.3. The molecule has 2 saturated heterocycles. The predicted octanol–water partition coefficient (Wildman–Crippen LogP) is 6.41. The van der Waals surface area contributed by atoms with Crippen LogP contribution in [0.3, 0.4) is 0 Å². The highest BCUT2D eigenvalue weighted by molar-refractivity contribution is 7.99. The monoisotopic (exact) mass is 452 g/mol. The van der Waals surface area contributed by atoms with E-state index < -0.39 is 0 Å². The molecule has 2 aromatic rings. The molecule has 4 heteroatoms. The van der Waals surface area contributed by atoms with Gasteiger partial charge in [-0.05, 0) is 98.7 Å². The van der Waals surface area contributed by atoms with Crippen LogP contribution in [0.5, 0.6) is 0 Å². The molecule has 31 heavy (non-hydrogen) atoms. The van der Waals surface area contributed by atoms with Gasteiger partial charge in [-0.2, -0.15) is 0 Å². The Morgan fingerprint density at radius 2 is 1.35 bits per heavy atom. The van der Waals surface area contributed by atoms with Gasteiger partial charge < -0.3 is 9.80 Å². The van der Waals surface area contributed by atoms with Gasteiger partial charge in [0.1, 0.15) is 0 Å². The Hall–Kier alpha value is -0.940. The minimum Gasteiger partial charge on any atom is -0.303 e. The molecule has 1 aliphatic carbocycles. The highest BCUT2D eigenvalue weighted by Gasteiger charge is 2.22. The summed E-state index contributed by atoms with van der Waals surface area (Å²) < 4.78 is 0. The Labute approximate surface area is 197 Å². The van der Waals surface area contributed by atoms with Crippen LogP contribution in [0.25, 0.3) is 11.1 Å². The van der Waals surface area contributed by atoms with E-state index in [1.54, 1.807) is 5.56 Å². The average molecular weight is 453 g/mol. The van der Waals surface area contributed by atoms with Gasteiger partial charge in [-0.25, -0.2) is 0 Å². The van der Waals surface area contributed by atoms with Gasteiger partial charge in [-0.1, -0.05) is 31.0 Å². The lowest BCUT2D eigenvalue weighted by Gasteiger charge is -2.26. The summed E-state index contributed by atoms with van der Waals surface area (Å²) in [6.07, 6.45) is 9.51. The maximum atomic E-state index is 2.65. The molecule has 0 aromatic heterocycles. The number of piperidine rings is 2. The topological polar surface area (TPSA) is 6.48 Å². The van der Waals surface area contributed by atoms with E-state index in [2.05, 4.69) is 58.0 Å². The Bertz CT molecular complexity index is 870. The van der Waals surface area contributed by atoms with Crippen LogP contribution in [0.15, 0.2) is 46.2 Å². The summed E-state index contributed by atoms with van der Waals surface area (Å²) in [7, 11) is 0. The molecule has 0 spiro atoms. The fourth-order valence-electron chi connectivity index (χ4n) is 5.34. The minimum absolute atomic E-state index is 1.11. The number of nitrogens with zero attached hydrogens (tertiary/aromatic N) is 2. The van der Waals surface area contributed by atoms with E-state index in [1.807, 2.05) is 11.8 Å². The van der Waals surface area contributed by atoms with E-state index in [-0.39, 0.29) is 0 Å². The first-order chi connectivity index (χ1) is 15.4. The second kappa shape index (κ2) is 10.8. The van der Waals surface area contributed by atoms with Crippen LogP contribution in [0, 0.1) is 0 Å². The van der Waals surface area contributed by atoms with E-state index in [4.69, 9.17) is 0 Å². The van der Waals surface area contributed by atoms with E-state index in [9.17, 15) is 0 Å². The molecular formula is C27H36N2S2. The number of hydrogen-bond acceptors (Lipinski definition) is 4. The molecule has 0 saturated carbocycles. The number of hydrogen-bond donors (Lipinski definition) is 0. The van der Waals surface area contributed by atoms with E-state index in [0.29, 0.717) is 0 Å². The van der Waals surface area contributed by atoms with Crippen molar-refractivity contribution in [3.8, 4) is 11.1 Å². The number of thioether (sulfide) groups is 2. The number of likely N-dealkylation sites (tertiary alicyclic amines) is 2.